The van der Waals surface area contributed by atoms with E-state index in [1.807, 2.05) is 42.5 Å². The van der Waals surface area contributed by atoms with Crippen molar-refractivity contribution in [2.45, 2.75) is 18.8 Å². The average Bonchev–Trinajstić information content (AvgIpc) is 2.75. The Morgan fingerprint density at radius 3 is 2.64 bits per heavy atom. The molecule has 1 N–H and O–H groups in total. The SMILES string of the molecule is COc1ccc(/C=N\N=C2/C[C@@H](c3ccccc3)Cc3n[nH]c(=O)cc32)cc1. The fraction of sp³-hybridized carbons (Fsp3) is 0.182. The van der Waals surface area contributed by atoms with E-state index in [9.17, 15) is 4.79 Å². The summed E-state index contributed by atoms with van der Waals surface area (Å²) in [6.07, 6.45) is 3.16. The molecule has 1 atom stereocenters. The maximum Gasteiger partial charge on any atom is 0.264 e. The van der Waals surface area contributed by atoms with Gasteiger partial charge in [-0.05, 0) is 54.2 Å². The molecular weight excluding hydrogens is 352 g/mol. The predicted octanol–water partition coefficient (Wildman–Crippen LogP) is 3.33. The zero-order valence-electron chi connectivity index (χ0n) is 15.5. The number of aromatic nitrogens is 2. The van der Waals surface area contributed by atoms with Crippen LogP contribution in [0.5, 0.6) is 5.75 Å². The summed E-state index contributed by atoms with van der Waals surface area (Å²) in [7, 11) is 1.63. The van der Waals surface area contributed by atoms with Gasteiger partial charge in [-0.15, -0.1) is 0 Å². The van der Waals surface area contributed by atoms with E-state index in [-0.39, 0.29) is 11.5 Å². The maximum absolute atomic E-state index is 11.8. The molecular formula is C22H20N4O2. The molecule has 0 aliphatic heterocycles. The van der Waals surface area contributed by atoms with E-state index >= 15 is 0 Å². The number of hydrogen-bond donors (Lipinski definition) is 1. The molecule has 2 aromatic carbocycles. The number of hydrogen-bond acceptors (Lipinski definition) is 5. The molecule has 3 aromatic rings. The van der Waals surface area contributed by atoms with E-state index in [2.05, 4.69) is 32.5 Å². The summed E-state index contributed by atoms with van der Waals surface area (Å²) in [5.74, 6) is 1.04. The molecule has 0 saturated heterocycles. The summed E-state index contributed by atoms with van der Waals surface area (Å²) in [6, 6.07) is 19.4. The Bertz CT molecular complexity index is 1070. The molecule has 0 amide bonds. The maximum atomic E-state index is 11.8. The van der Waals surface area contributed by atoms with Crippen LogP contribution in [0.1, 0.15) is 34.7 Å². The van der Waals surface area contributed by atoms with Crippen molar-refractivity contribution < 1.29 is 4.74 Å². The third-order valence-electron chi connectivity index (χ3n) is 4.85. The van der Waals surface area contributed by atoms with Crippen molar-refractivity contribution in [1.82, 2.24) is 10.2 Å². The Labute approximate surface area is 162 Å². The summed E-state index contributed by atoms with van der Waals surface area (Å²) in [4.78, 5) is 11.8. The van der Waals surface area contributed by atoms with Crippen LogP contribution in [0.15, 0.2) is 75.7 Å². The zero-order chi connectivity index (χ0) is 19.3. The quantitative estimate of drug-likeness (QED) is 0.563. The highest BCUT2D eigenvalue weighted by molar-refractivity contribution is 6.03. The summed E-state index contributed by atoms with van der Waals surface area (Å²) < 4.78 is 5.16. The van der Waals surface area contributed by atoms with Crippen molar-refractivity contribution in [3.63, 3.8) is 0 Å². The van der Waals surface area contributed by atoms with Gasteiger partial charge in [0.2, 0.25) is 0 Å². The molecule has 6 heteroatoms. The van der Waals surface area contributed by atoms with Crippen LogP contribution < -0.4 is 10.3 Å². The average molecular weight is 372 g/mol. The number of nitrogens with zero attached hydrogens (tertiary/aromatic N) is 3. The van der Waals surface area contributed by atoms with Crippen LogP contribution in [0.25, 0.3) is 0 Å². The number of aromatic amines is 1. The number of fused-ring (bicyclic) bond motifs is 1. The molecule has 4 rings (SSSR count). The molecule has 1 heterocycles. The second kappa shape index (κ2) is 8.00. The second-order valence-electron chi connectivity index (χ2n) is 6.67. The van der Waals surface area contributed by atoms with Crippen LogP contribution in [-0.4, -0.2) is 29.2 Å². The monoisotopic (exact) mass is 372 g/mol. The molecule has 0 fully saturated rings. The fourth-order valence-electron chi connectivity index (χ4n) is 3.39. The predicted molar refractivity (Wildman–Crippen MR) is 109 cm³/mol. The van der Waals surface area contributed by atoms with Crippen LogP contribution >= 0.6 is 0 Å². The highest BCUT2D eigenvalue weighted by Gasteiger charge is 2.26. The van der Waals surface area contributed by atoms with Gasteiger partial charge in [0, 0.05) is 11.6 Å². The Morgan fingerprint density at radius 1 is 1.11 bits per heavy atom. The molecule has 1 aliphatic carbocycles. The first kappa shape index (κ1) is 17.9. The standard InChI is InChI=1S/C22H20N4O2/c1-28-18-9-7-15(8-10-18)14-23-24-20-11-17(16-5-3-2-4-6-16)12-21-19(20)13-22(27)26-25-21/h2-10,13-14,17H,11-12H2,1H3,(H,26,27)/b23-14-,24-20+/t17-/m1/s1. The van der Waals surface area contributed by atoms with Crippen LogP contribution in [0, 0.1) is 0 Å². The molecule has 1 aliphatic rings. The molecule has 28 heavy (non-hydrogen) atoms. The lowest BCUT2D eigenvalue weighted by Crippen LogP contribution is -2.24. The fourth-order valence-corrected chi connectivity index (χ4v) is 3.39. The lowest BCUT2D eigenvalue weighted by Gasteiger charge is -2.24. The van der Waals surface area contributed by atoms with Crippen molar-refractivity contribution in [3.05, 3.63) is 93.4 Å². The normalized spacial score (nSPS) is 17.6. The van der Waals surface area contributed by atoms with Gasteiger partial charge in [0.25, 0.3) is 5.56 Å². The largest absolute Gasteiger partial charge is 0.497 e. The first-order chi connectivity index (χ1) is 13.7. The minimum Gasteiger partial charge on any atom is -0.497 e. The van der Waals surface area contributed by atoms with Crippen molar-refractivity contribution in [2.24, 2.45) is 10.2 Å². The minimum atomic E-state index is -0.233. The minimum absolute atomic E-state index is 0.233. The van der Waals surface area contributed by atoms with E-state index < -0.39 is 0 Å². The zero-order valence-corrected chi connectivity index (χ0v) is 15.5. The molecule has 1 aromatic heterocycles. The summed E-state index contributed by atoms with van der Waals surface area (Å²) in [5.41, 5.74) is 4.32. The molecule has 140 valence electrons. The van der Waals surface area contributed by atoms with Gasteiger partial charge in [-0.1, -0.05) is 30.3 Å². The van der Waals surface area contributed by atoms with Gasteiger partial charge in [0.15, 0.2) is 0 Å². The van der Waals surface area contributed by atoms with E-state index in [4.69, 9.17) is 4.74 Å². The van der Waals surface area contributed by atoms with Crippen molar-refractivity contribution in [1.29, 1.82) is 0 Å². The number of H-pyrrole nitrogens is 1. The van der Waals surface area contributed by atoms with Crippen LogP contribution in [0.4, 0.5) is 0 Å². The number of rotatable bonds is 4. The third-order valence-corrected chi connectivity index (χ3v) is 4.85. The van der Waals surface area contributed by atoms with Crippen LogP contribution in [0.3, 0.4) is 0 Å². The smallest absolute Gasteiger partial charge is 0.264 e. The molecule has 0 radical (unpaired) electrons. The van der Waals surface area contributed by atoms with E-state index in [1.165, 1.54) is 5.56 Å². The first-order valence-corrected chi connectivity index (χ1v) is 9.11. The summed E-state index contributed by atoms with van der Waals surface area (Å²) >= 11 is 0. The molecule has 0 unspecified atom stereocenters. The number of methoxy groups -OCH3 is 1. The van der Waals surface area contributed by atoms with Gasteiger partial charge in [-0.2, -0.15) is 15.3 Å². The highest BCUT2D eigenvalue weighted by atomic mass is 16.5. The van der Waals surface area contributed by atoms with Gasteiger partial charge in [0.05, 0.1) is 24.7 Å². The Kier molecular flexibility index (Phi) is 5.10. The van der Waals surface area contributed by atoms with Gasteiger partial charge in [0.1, 0.15) is 5.75 Å². The number of ether oxygens (including phenoxy) is 1. The van der Waals surface area contributed by atoms with Gasteiger partial charge in [-0.3, -0.25) is 4.79 Å². The van der Waals surface area contributed by atoms with Gasteiger partial charge in [-0.25, -0.2) is 5.10 Å². The van der Waals surface area contributed by atoms with E-state index in [0.717, 1.165) is 34.7 Å². The third kappa shape index (κ3) is 3.91. The van der Waals surface area contributed by atoms with Crippen molar-refractivity contribution in [2.75, 3.05) is 7.11 Å². The summed E-state index contributed by atoms with van der Waals surface area (Å²) in [5, 5.41) is 15.5. The number of nitrogens with one attached hydrogen (secondary N) is 1. The molecule has 0 saturated carbocycles. The molecule has 0 bridgehead atoms. The first-order valence-electron chi connectivity index (χ1n) is 9.11. The van der Waals surface area contributed by atoms with Crippen molar-refractivity contribution in [3.8, 4) is 5.75 Å². The van der Waals surface area contributed by atoms with Crippen LogP contribution in [0.2, 0.25) is 0 Å². The van der Waals surface area contributed by atoms with Crippen LogP contribution in [-0.2, 0) is 6.42 Å². The summed E-state index contributed by atoms with van der Waals surface area (Å²) in [6.45, 7) is 0. The lowest BCUT2D eigenvalue weighted by molar-refractivity contribution is 0.415. The van der Waals surface area contributed by atoms with Gasteiger partial charge < -0.3 is 4.74 Å². The van der Waals surface area contributed by atoms with Gasteiger partial charge >= 0.3 is 0 Å². The Balaban J connectivity index is 1.65. The van der Waals surface area contributed by atoms with Crippen molar-refractivity contribution >= 4 is 11.9 Å². The topological polar surface area (TPSA) is 79.7 Å². The second-order valence-corrected chi connectivity index (χ2v) is 6.67. The highest BCUT2D eigenvalue weighted by Crippen LogP contribution is 2.31. The Hall–Kier alpha value is -3.54. The number of benzene rings is 2. The van der Waals surface area contributed by atoms with E-state index in [0.29, 0.717) is 6.42 Å². The molecule has 6 nitrogen and oxygen atoms in total. The Morgan fingerprint density at radius 2 is 1.89 bits per heavy atom. The van der Waals surface area contributed by atoms with E-state index in [1.54, 1.807) is 19.4 Å². The lowest BCUT2D eigenvalue weighted by atomic mass is 9.81. The molecule has 0 spiro atoms.